The largest absolute Gasteiger partial charge is 0.375 e. The predicted molar refractivity (Wildman–Crippen MR) is 120 cm³/mol. The van der Waals surface area contributed by atoms with E-state index in [4.69, 9.17) is 32.2 Å². The molecule has 10 heteroatoms. The second-order valence-corrected chi connectivity index (χ2v) is 11.0. The molecule has 0 saturated carbocycles. The van der Waals surface area contributed by atoms with Gasteiger partial charge in [0, 0.05) is 21.9 Å². The zero-order valence-corrected chi connectivity index (χ0v) is 19.9. The Hall–Kier alpha value is -1.18. The van der Waals surface area contributed by atoms with Gasteiger partial charge in [-0.2, -0.15) is 5.10 Å². The van der Waals surface area contributed by atoms with E-state index < -0.39 is 13.4 Å². The van der Waals surface area contributed by atoms with Gasteiger partial charge in [-0.1, -0.05) is 23.2 Å². The number of aryl methyl sites for hydroxylation is 1. The Morgan fingerprint density at radius 1 is 1.27 bits per heavy atom. The summed E-state index contributed by atoms with van der Waals surface area (Å²) in [6.07, 6.45) is 0.574. The van der Waals surface area contributed by atoms with Crippen LogP contribution in [0.2, 0.25) is 10.0 Å². The fourth-order valence-corrected chi connectivity index (χ4v) is 6.85. The fraction of sp³-hybridized carbons (Fsp3) is 0.350. The number of fused-ring (bicyclic) bond motifs is 3. The van der Waals surface area contributed by atoms with Gasteiger partial charge >= 0.3 is 7.60 Å². The second kappa shape index (κ2) is 8.40. The monoisotopic (exact) mass is 486 g/mol. The Balaban J connectivity index is 1.92. The van der Waals surface area contributed by atoms with Crippen LogP contribution < -0.4 is 0 Å². The third-order valence-corrected chi connectivity index (χ3v) is 8.55. The molecule has 3 aromatic rings. The number of hydrogen-bond donors (Lipinski definition) is 1. The van der Waals surface area contributed by atoms with E-state index in [0.29, 0.717) is 22.2 Å². The number of aliphatic hydroxyl groups excluding tert-OH is 1. The van der Waals surface area contributed by atoms with Crippen molar-refractivity contribution in [1.82, 2.24) is 9.78 Å². The normalized spacial score (nSPS) is 14.1. The highest BCUT2D eigenvalue weighted by atomic mass is 35.5. The number of benzene rings is 1. The Morgan fingerprint density at radius 2 is 1.97 bits per heavy atom. The van der Waals surface area contributed by atoms with Crippen LogP contribution in [-0.2, 0) is 20.0 Å². The van der Waals surface area contributed by atoms with Crippen LogP contribution in [0.4, 0.5) is 0 Å². The van der Waals surface area contributed by atoms with Crippen LogP contribution >= 0.6 is 42.1 Å². The van der Waals surface area contributed by atoms with Gasteiger partial charge in [-0.15, -0.1) is 11.3 Å². The highest BCUT2D eigenvalue weighted by Crippen LogP contribution is 2.61. The zero-order chi connectivity index (χ0) is 21.6. The molecule has 2 heterocycles. The average Bonchev–Trinajstić information content (AvgIpc) is 3.31. The number of aromatic nitrogens is 2. The van der Waals surface area contributed by atoms with Gasteiger partial charge in [0.15, 0.2) is 5.85 Å². The lowest BCUT2D eigenvalue weighted by atomic mass is 10.1. The maximum absolute atomic E-state index is 13.3. The van der Waals surface area contributed by atoms with E-state index in [0.717, 1.165) is 21.7 Å². The zero-order valence-electron chi connectivity index (χ0n) is 16.7. The summed E-state index contributed by atoms with van der Waals surface area (Å²) in [6, 6.07) is 7.27. The van der Waals surface area contributed by atoms with E-state index >= 15 is 0 Å². The van der Waals surface area contributed by atoms with Crippen molar-refractivity contribution in [2.45, 2.75) is 33.0 Å². The van der Waals surface area contributed by atoms with Crippen LogP contribution in [0.15, 0.2) is 24.3 Å². The summed E-state index contributed by atoms with van der Waals surface area (Å²) in [4.78, 5) is 2.24. The summed E-state index contributed by atoms with van der Waals surface area (Å²) in [5.41, 5.74) is 3.68. The van der Waals surface area contributed by atoms with E-state index in [1.165, 1.54) is 4.88 Å². The van der Waals surface area contributed by atoms with Gasteiger partial charge in [-0.3, -0.25) is 4.57 Å². The van der Waals surface area contributed by atoms with Crippen molar-refractivity contribution in [3.05, 3.63) is 56.0 Å². The van der Waals surface area contributed by atoms with Gasteiger partial charge in [-0.25, -0.2) is 4.68 Å². The Bertz CT molecular complexity index is 1150. The molecule has 1 N–H and O–H groups in total. The number of rotatable bonds is 7. The molecule has 1 aliphatic carbocycles. The Labute approximate surface area is 188 Å². The quantitative estimate of drug-likeness (QED) is 0.307. The van der Waals surface area contributed by atoms with Crippen LogP contribution in [0.1, 0.15) is 41.4 Å². The summed E-state index contributed by atoms with van der Waals surface area (Å²) in [7, 11) is -3.82. The molecule has 2 aromatic heterocycles. The van der Waals surface area contributed by atoms with Crippen molar-refractivity contribution >= 4 is 42.1 Å². The third kappa shape index (κ3) is 3.67. The minimum atomic E-state index is -3.82. The van der Waals surface area contributed by atoms with E-state index in [1.54, 1.807) is 48.1 Å². The highest BCUT2D eigenvalue weighted by Gasteiger charge is 2.42. The molecule has 30 heavy (non-hydrogen) atoms. The Kier molecular flexibility index (Phi) is 6.17. The maximum Gasteiger partial charge on any atom is 0.365 e. The molecular weight excluding hydrogens is 466 g/mol. The maximum atomic E-state index is 13.3. The Morgan fingerprint density at radius 3 is 2.60 bits per heavy atom. The highest BCUT2D eigenvalue weighted by molar-refractivity contribution is 7.54. The van der Waals surface area contributed by atoms with Gasteiger partial charge < -0.3 is 14.2 Å². The average molecular weight is 487 g/mol. The number of thiophene rings is 1. The summed E-state index contributed by atoms with van der Waals surface area (Å²) in [6.45, 7) is 5.75. The molecule has 0 radical (unpaired) electrons. The van der Waals surface area contributed by atoms with E-state index in [9.17, 15) is 9.67 Å². The molecule has 0 amide bonds. The molecule has 0 spiro atoms. The number of aliphatic hydroxyl groups is 1. The molecule has 0 saturated heterocycles. The van der Waals surface area contributed by atoms with Crippen molar-refractivity contribution in [3.8, 4) is 16.3 Å². The van der Waals surface area contributed by atoms with Crippen molar-refractivity contribution in [2.75, 3.05) is 13.2 Å². The number of nitrogens with zero attached hydrogens (tertiary/aromatic N) is 2. The lowest BCUT2D eigenvalue weighted by molar-refractivity contribution is 0.147. The molecular formula is C20H21Cl2N2O4PS. The van der Waals surface area contributed by atoms with E-state index in [1.807, 2.05) is 6.92 Å². The van der Waals surface area contributed by atoms with Crippen molar-refractivity contribution < 1.29 is 18.7 Å². The lowest BCUT2D eigenvalue weighted by Gasteiger charge is -2.21. The SMILES string of the molecule is CCOP(=O)(OCC)C(O)c1nn(-c2ccc(Cl)cc2Cl)c2c1Cc1cc(C)sc1-2. The molecule has 0 aliphatic heterocycles. The summed E-state index contributed by atoms with van der Waals surface area (Å²) in [5.74, 6) is -1.51. The van der Waals surface area contributed by atoms with Crippen molar-refractivity contribution in [1.29, 1.82) is 0 Å². The van der Waals surface area contributed by atoms with E-state index in [2.05, 4.69) is 11.2 Å². The molecule has 0 bridgehead atoms. The summed E-state index contributed by atoms with van der Waals surface area (Å²) in [5, 5.41) is 16.7. The number of hydrogen-bond acceptors (Lipinski definition) is 6. The second-order valence-electron chi connectivity index (χ2n) is 6.86. The summed E-state index contributed by atoms with van der Waals surface area (Å²) >= 11 is 14.2. The molecule has 1 unspecified atom stereocenters. The van der Waals surface area contributed by atoms with Gasteiger partial charge in [0.2, 0.25) is 0 Å². The fourth-order valence-electron chi connectivity index (χ4n) is 3.69. The molecule has 4 rings (SSSR count). The standard InChI is InChI=1S/C20H21Cl2N2O4PS/c1-4-27-29(26,28-5-2)20(25)17-14-9-12-8-11(3)30-19(12)18(14)24(23-17)16-7-6-13(21)10-15(16)22/h6-8,10,20,25H,4-5,9H2,1-3H3. The molecule has 160 valence electrons. The minimum absolute atomic E-state index is 0.146. The first-order valence-corrected chi connectivity index (χ1v) is 12.7. The topological polar surface area (TPSA) is 73.6 Å². The molecule has 1 aliphatic rings. The molecule has 1 atom stereocenters. The predicted octanol–water partition coefficient (Wildman–Crippen LogP) is 6.38. The van der Waals surface area contributed by atoms with E-state index in [-0.39, 0.29) is 18.9 Å². The van der Waals surface area contributed by atoms with Crippen molar-refractivity contribution in [2.24, 2.45) is 0 Å². The van der Waals surface area contributed by atoms with Crippen LogP contribution in [-0.4, -0.2) is 28.1 Å². The van der Waals surface area contributed by atoms with Gasteiger partial charge in [0.1, 0.15) is 5.69 Å². The van der Waals surface area contributed by atoms with Crippen LogP contribution in [0, 0.1) is 6.92 Å². The third-order valence-electron chi connectivity index (χ3n) is 4.83. The van der Waals surface area contributed by atoms with Crippen LogP contribution in [0.5, 0.6) is 0 Å². The molecule has 6 nitrogen and oxygen atoms in total. The van der Waals surface area contributed by atoms with Gasteiger partial charge in [-0.05, 0) is 50.6 Å². The summed E-state index contributed by atoms with van der Waals surface area (Å²) < 4.78 is 25.7. The van der Waals surface area contributed by atoms with Crippen LogP contribution in [0.3, 0.4) is 0 Å². The first-order chi connectivity index (χ1) is 14.3. The van der Waals surface area contributed by atoms with Crippen molar-refractivity contribution in [3.63, 3.8) is 0 Å². The number of halogens is 2. The van der Waals surface area contributed by atoms with Gasteiger partial charge in [0.05, 0.1) is 34.5 Å². The minimum Gasteiger partial charge on any atom is -0.375 e. The molecule has 1 aromatic carbocycles. The molecule has 0 fully saturated rings. The lowest BCUT2D eigenvalue weighted by Crippen LogP contribution is -2.09. The van der Waals surface area contributed by atoms with Crippen LogP contribution in [0.25, 0.3) is 16.3 Å². The first-order valence-electron chi connectivity index (χ1n) is 9.52. The smallest absolute Gasteiger partial charge is 0.365 e. The first kappa shape index (κ1) is 22.0. The van der Waals surface area contributed by atoms with Gasteiger partial charge in [0.25, 0.3) is 0 Å².